The SMILES string of the molecule is C[C@H](NC(=O)[C@@H](NC(=O)[C@@H](N)CCCCN)[C@@H](C)CN)C(=O)NCC(=O)N[C@H](CCCN)C(=O)N1CCC[C@H]1C(=O)N[C@@H](Cc1cnc[nH]1)C(=O)N[C@@H](CCCCN)C(=O)N/C(=C\CCN=C(N)N)C(=O)O. The van der Waals surface area contributed by atoms with Gasteiger partial charge in [0.25, 0.3) is 0 Å². The number of imidazole rings is 1. The number of unbranched alkanes of at least 4 members (excludes halogenated alkanes) is 2. The van der Waals surface area contributed by atoms with Gasteiger partial charge in [0.1, 0.15) is 41.9 Å². The second-order valence-electron chi connectivity index (χ2n) is 17.5. The predicted octanol–water partition coefficient (Wildman–Crippen LogP) is -5.83. The molecule has 1 aliphatic heterocycles. The van der Waals surface area contributed by atoms with E-state index in [0.717, 1.165) is 0 Å². The summed E-state index contributed by atoms with van der Waals surface area (Å²) in [5.74, 6) is -7.93. The Labute approximate surface area is 418 Å². The number of amides is 8. The van der Waals surface area contributed by atoms with Gasteiger partial charge in [0.05, 0.1) is 18.9 Å². The molecular weight excluding hydrogens is 941 g/mol. The fraction of sp³-hybridized carbons (Fsp3) is 0.659. The number of aromatic nitrogens is 2. The van der Waals surface area contributed by atoms with E-state index in [0.29, 0.717) is 57.2 Å². The van der Waals surface area contributed by atoms with Crippen molar-refractivity contribution in [3.8, 4) is 0 Å². The van der Waals surface area contributed by atoms with Gasteiger partial charge >= 0.3 is 5.97 Å². The number of guanidine groups is 1. The molecule has 28 nitrogen and oxygen atoms in total. The van der Waals surface area contributed by atoms with E-state index in [2.05, 4.69) is 52.2 Å². The molecule has 2 heterocycles. The van der Waals surface area contributed by atoms with Crippen LogP contribution in [0.3, 0.4) is 0 Å². The number of aromatic amines is 1. The maximum atomic E-state index is 14.2. The van der Waals surface area contributed by atoms with Crippen LogP contribution in [0.5, 0.6) is 0 Å². The van der Waals surface area contributed by atoms with E-state index in [4.69, 9.17) is 40.1 Å². The number of carboxylic acids is 1. The lowest BCUT2D eigenvalue weighted by atomic mass is 9.99. The van der Waals surface area contributed by atoms with Crippen LogP contribution in [0.2, 0.25) is 0 Å². The summed E-state index contributed by atoms with van der Waals surface area (Å²) >= 11 is 0. The van der Waals surface area contributed by atoms with Crippen LogP contribution in [0.25, 0.3) is 0 Å². The molecule has 2 rings (SSSR count). The number of carbonyl (C=O) groups excluding carboxylic acids is 8. The smallest absolute Gasteiger partial charge is 0.352 e. The number of rotatable bonds is 34. The van der Waals surface area contributed by atoms with Crippen molar-refractivity contribution in [1.29, 1.82) is 0 Å². The van der Waals surface area contributed by atoms with Gasteiger partial charge in [-0.3, -0.25) is 43.3 Å². The molecule has 0 aromatic carbocycles. The topological polar surface area (TPSA) is 484 Å². The maximum absolute atomic E-state index is 14.2. The number of aliphatic carboxylic acids is 1. The average molecular weight is 1020 g/mol. The number of nitrogens with one attached hydrogen (secondary N) is 8. The molecule has 1 aromatic rings. The minimum Gasteiger partial charge on any atom is -0.477 e. The monoisotopic (exact) mass is 1020 g/mol. The molecule has 8 atom stereocenters. The first-order chi connectivity index (χ1) is 34.3. The summed E-state index contributed by atoms with van der Waals surface area (Å²) in [6.07, 6.45) is 7.46. The molecule has 1 fully saturated rings. The van der Waals surface area contributed by atoms with Crippen molar-refractivity contribution in [2.75, 3.05) is 45.8 Å². The zero-order valence-corrected chi connectivity index (χ0v) is 41.3. The Morgan fingerprint density at radius 3 is 2.08 bits per heavy atom. The van der Waals surface area contributed by atoms with Crippen LogP contribution in [0.4, 0.5) is 0 Å². The highest BCUT2D eigenvalue weighted by Crippen LogP contribution is 2.20. The van der Waals surface area contributed by atoms with Crippen LogP contribution in [0.15, 0.2) is 29.3 Å². The summed E-state index contributed by atoms with van der Waals surface area (Å²) < 4.78 is 0. The van der Waals surface area contributed by atoms with Crippen molar-refractivity contribution < 1.29 is 48.3 Å². The van der Waals surface area contributed by atoms with E-state index in [-0.39, 0.29) is 70.8 Å². The number of H-pyrrole nitrogens is 1. The minimum atomic E-state index is -1.45. The summed E-state index contributed by atoms with van der Waals surface area (Å²) in [6, 6.07) is -8.06. The van der Waals surface area contributed by atoms with E-state index >= 15 is 0 Å². The van der Waals surface area contributed by atoms with Gasteiger partial charge in [0.2, 0.25) is 47.3 Å². The molecule has 0 saturated carbocycles. The van der Waals surface area contributed by atoms with Crippen LogP contribution < -0.4 is 77.4 Å². The fourth-order valence-corrected chi connectivity index (χ4v) is 7.46. The molecule has 28 heteroatoms. The third-order valence-electron chi connectivity index (χ3n) is 11.6. The van der Waals surface area contributed by atoms with Gasteiger partial charge in [0.15, 0.2) is 5.96 Å². The van der Waals surface area contributed by atoms with Crippen LogP contribution in [0, 0.1) is 5.92 Å². The first-order valence-electron chi connectivity index (χ1n) is 24.2. The second-order valence-corrected chi connectivity index (χ2v) is 17.5. The van der Waals surface area contributed by atoms with Crippen molar-refractivity contribution >= 4 is 59.2 Å². The third-order valence-corrected chi connectivity index (χ3v) is 11.6. The Kier molecular flexibility index (Phi) is 28.1. The standard InChI is InChI=1S/C44H78N18O10/c1-25(21-48)35(61-37(65)28(49)10-3-5-15-45)41(69)56-26(2)36(64)54-23-34(63)57-30(12-7-17-47)42(70)62-19-9-14-33(62)40(68)60-32(20-27-22-52-24-55-27)39(67)58-29(11-4-6-16-46)38(66)59-31(43(71)72)13-8-18-53-44(50)51/h13,22,24-26,28-30,32-33,35H,3-12,14-21,23,45-49H2,1-2H3,(H,52,55)(H,54,64)(H,56,69)(H,57,63)(H,58,67)(H,59,66)(H,60,68)(H,61,65)(H,71,72)(H4,50,51,53)/b31-13-/t25-,26-,28-,29-,30+,32-,33-,35-/m0/s1. The zero-order valence-electron chi connectivity index (χ0n) is 41.3. The van der Waals surface area contributed by atoms with Gasteiger partial charge in [-0.15, -0.1) is 0 Å². The lowest BCUT2D eigenvalue weighted by Gasteiger charge is -2.30. The number of hydrogen-bond donors (Lipinski definition) is 16. The van der Waals surface area contributed by atoms with Gasteiger partial charge < -0.3 is 92.3 Å². The first-order valence-corrected chi connectivity index (χ1v) is 24.2. The summed E-state index contributed by atoms with van der Waals surface area (Å²) in [5.41, 5.74) is 39.4. The molecule has 72 heavy (non-hydrogen) atoms. The van der Waals surface area contributed by atoms with E-state index < -0.39 is 114 Å². The number of carbonyl (C=O) groups is 9. The van der Waals surface area contributed by atoms with Gasteiger partial charge in [-0.25, -0.2) is 9.78 Å². The van der Waals surface area contributed by atoms with Crippen molar-refractivity contribution in [2.24, 2.45) is 51.0 Å². The van der Waals surface area contributed by atoms with E-state index in [1.165, 1.54) is 30.4 Å². The summed E-state index contributed by atoms with van der Waals surface area (Å²) in [7, 11) is 0. The van der Waals surface area contributed by atoms with Crippen molar-refractivity contribution in [1.82, 2.24) is 52.1 Å². The van der Waals surface area contributed by atoms with Gasteiger partial charge in [-0.2, -0.15) is 0 Å². The quantitative estimate of drug-likeness (QED) is 0.0132. The number of hydrogen-bond acceptors (Lipinski definition) is 16. The van der Waals surface area contributed by atoms with Crippen molar-refractivity contribution in [3.05, 3.63) is 30.0 Å². The molecule has 1 aliphatic rings. The number of carboxylic acid groups (broad SMARTS) is 1. The molecule has 1 aromatic heterocycles. The number of likely N-dealkylation sites (tertiary alicyclic amines) is 1. The van der Waals surface area contributed by atoms with Crippen molar-refractivity contribution in [2.45, 2.75) is 133 Å². The third kappa shape index (κ3) is 21.7. The number of nitrogens with zero attached hydrogens (tertiary/aromatic N) is 3. The Balaban J connectivity index is 2.20. The second kappa shape index (κ2) is 33.0. The number of aliphatic imine (C=N–C) groups is 1. The van der Waals surface area contributed by atoms with Crippen LogP contribution in [-0.2, 0) is 49.6 Å². The van der Waals surface area contributed by atoms with Crippen LogP contribution in [-0.4, -0.2) is 167 Å². The van der Waals surface area contributed by atoms with Crippen LogP contribution in [0.1, 0.15) is 90.2 Å². The summed E-state index contributed by atoms with van der Waals surface area (Å²) in [6.45, 7) is 3.50. The molecule has 0 spiro atoms. The maximum Gasteiger partial charge on any atom is 0.352 e. The van der Waals surface area contributed by atoms with E-state index in [1.54, 1.807) is 6.92 Å². The molecule has 0 radical (unpaired) electrons. The average Bonchev–Trinajstić information content (AvgIpc) is 4.06. The molecule has 0 aliphatic carbocycles. The van der Waals surface area contributed by atoms with Gasteiger partial charge in [-0.05, 0) is 103 Å². The van der Waals surface area contributed by atoms with E-state index in [1.807, 2.05) is 0 Å². The Hall–Kier alpha value is -6.75. The first kappa shape index (κ1) is 61.4. The lowest BCUT2D eigenvalue weighted by molar-refractivity contribution is -0.142. The van der Waals surface area contributed by atoms with Crippen molar-refractivity contribution in [3.63, 3.8) is 0 Å². The Morgan fingerprint density at radius 1 is 0.806 bits per heavy atom. The van der Waals surface area contributed by atoms with Gasteiger partial charge in [0, 0.05) is 31.4 Å². The zero-order chi connectivity index (χ0) is 53.8. The fourth-order valence-electron chi connectivity index (χ4n) is 7.46. The van der Waals surface area contributed by atoms with E-state index in [9.17, 15) is 48.3 Å². The molecule has 0 bridgehead atoms. The molecule has 1 saturated heterocycles. The normalized spacial score (nSPS) is 16.3. The lowest BCUT2D eigenvalue weighted by Crippen LogP contribution is -2.59. The molecular formula is C44H78N18O10. The predicted molar refractivity (Wildman–Crippen MR) is 265 cm³/mol. The molecule has 404 valence electrons. The molecule has 23 N–H and O–H groups in total. The minimum absolute atomic E-state index is 0.0278. The largest absolute Gasteiger partial charge is 0.477 e. The summed E-state index contributed by atoms with van der Waals surface area (Å²) in [5, 5.41) is 27.6. The highest BCUT2D eigenvalue weighted by atomic mass is 16.4. The molecule has 8 amide bonds. The molecule has 0 unspecified atom stereocenters. The highest BCUT2D eigenvalue weighted by molar-refractivity contribution is 5.99. The Bertz CT molecular complexity index is 2000. The summed E-state index contributed by atoms with van der Waals surface area (Å²) in [4.78, 5) is 132. The highest BCUT2D eigenvalue weighted by Gasteiger charge is 2.39. The van der Waals surface area contributed by atoms with Gasteiger partial charge in [-0.1, -0.05) is 19.4 Å². The van der Waals surface area contributed by atoms with Crippen LogP contribution >= 0.6 is 0 Å². The number of nitrogens with two attached hydrogens (primary N) is 7. The Morgan fingerprint density at radius 2 is 1.47 bits per heavy atom.